The van der Waals surface area contributed by atoms with Gasteiger partial charge in [0.2, 0.25) is 0 Å². The summed E-state index contributed by atoms with van der Waals surface area (Å²) in [6.45, 7) is 2.30. The fourth-order valence-electron chi connectivity index (χ4n) is 2.77. The summed E-state index contributed by atoms with van der Waals surface area (Å²) in [5.41, 5.74) is 3.65. The second-order valence-corrected chi connectivity index (χ2v) is 6.16. The Morgan fingerprint density at radius 1 is 0.778 bits per heavy atom. The Kier molecular flexibility index (Phi) is 8.69. The van der Waals surface area contributed by atoms with Crippen LogP contribution >= 0.6 is 12.4 Å². The summed E-state index contributed by atoms with van der Waals surface area (Å²) >= 11 is 0. The number of benzene rings is 3. The number of hydrogen-bond acceptors (Lipinski definition) is 3. The Hall–Kier alpha value is -2.49. The number of rotatable bonds is 9. The molecule has 0 aliphatic carbocycles. The van der Waals surface area contributed by atoms with Crippen LogP contribution in [0.3, 0.4) is 0 Å². The molecular weight excluding hydrogens is 358 g/mol. The van der Waals surface area contributed by atoms with Crippen LogP contribution in [0, 0.1) is 0 Å². The minimum absolute atomic E-state index is 0. The van der Waals surface area contributed by atoms with Crippen molar-refractivity contribution in [3.05, 3.63) is 95.6 Å². The van der Waals surface area contributed by atoms with E-state index in [0.29, 0.717) is 6.61 Å². The van der Waals surface area contributed by atoms with Crippen LogP contribution in [0.15, 0.2) is 78.9 Å². The lowest BCUT2D eigenvalue weighted by Gasteiger charge is -2.12. The third-order valence-electron chi connectivity index (χ3n) is 4.27. The molecule has 0 spiro atoms. The van der Waals surface area contributed by atoms with Crippen molar-refractivity contribution in [3.63, 3.8) is 0 Å². The Morgan fingerprint density at radius 3 is 2.22 bits per heavy atom. The van der Waals surface area contributed by atoms with Gasteiger partial charge >= 0.3 is 0 Å². The third-order valence-corrected chi connectivity index (χ3v) is 4.27. The third kappa shape index (κ3) is 6.63. The molecule has 0 aromatic heterocycles. The van der Waals surface area contributed by atoms with Crippen molar-refractivity contribution in [2.24, 2.45) is 0 Å². The molecule has 4 heteroatoms. The quantitative estimate of drug-likeness (QED) is 0.526. The van der Waals surface area contributed by atoms with Gasteiger partial charge in [0.05, 0.1) is 7.11 Å². The summed E-state index contributed by atoms with van der Waals surface area (Å²) < 4.78 is 11.2. The van der Waals surface area contributed by atoms with Crippen molar-refractivity contribution in [2.75, 3.05) is 13.7 Å². The van der Waals surface area contributed by atoms with Crippen LogP contribution < -0.4 is 14.8 Å². The molecule has 0 aliphatic rings. The van der Waals surface area contributed by atoms with Gasteiger partial charge in [-0.1, -0.05) is 60.7 Å². The first-order chi connectivity index (χ1) is 12.8. The zero-order chi connectivity index (χ0) is 18.0. The fourth-order valence-corrected chi connectivity index (χ4v) is 2.77. The summed E-state index contributed by atoms with van der Waals surface area (Å²) in [6.07, 6.45) is 0.983. The van der Waals surface area contributed by atoms with Crippen LogP contribution in [0.2, 0.25) is 0 Å². The minimum atomic E-state index is 0. The number of halogens is 1. The molecule has 0 amide bonds. The highest BCUT2D eigenvalue weighted by Crippen LogP contribution is 2.19. The molecule has 0 fully saturated rings. The zero-order valence-electron chi connectivity index (χ0n) is 15.6. The van der Waals surface area contributed by atoms with Crippen LogP contribution in [-0.2, 0) is 19.6 Å². The molecule has 0 bridgehead atoms. The molecule has 3 aromatic carbocycles. The molecule has 0 saturated heterocycles. The topological polar surface area (TPSA) is 30.5 Å². The minimum Gasteiger partial charge on any atom is -0.497 e. The Morgan fingerprint density at radius 2 is 1.48 bits per heavy atom. The predicted octanol–water partition coefficient (Wildman–Crippen LogP) is 5.03. The van der Waals surface area contributed by atoms with Gasteiger partial charge in [0, 0.05) is 12.1 Å². The first kappa shape index (κ1) is 20.8. The van der Waals surface area contributed by atoms with E-state index < -0.39 is 0 Å². The number of ether oxygens (including phenoxy) is 2. The van der Waals surface area contributed by atoms with E-state index in [1.165, 1.54) is 16.7 Å². The van der Waals surface area contributed by atoms with Gasteiger partial charge in [-0.05, 0) is 42.3 Å². The van der Waals surface area contributed by atoms with Crippen molar-refractivity contribution in [1.82, 2.24) is 5.32 Å². The first-order valence-corrected chi connectivity index (χ1v) is 8.93. The highest BCUT2D eigenvalue weighted by atomic mass is 35.5. The van der Waals surface area contributed by atoms with Crippen molar-refractivity contribution in [1.29, 1.82) is 0 Å². The second kappa shape index (κ2) is 11.3. The van der Waals surface area contributed by atoms with Gasteiger partial charge in [0.25, 0.3) is 0 Å². The molecule has 0 saturated carbocycles. The van der Waals surface area contributed by atoms with Crippen LogP contribution in [0.1, 0.15) is 16.7 Å². The maximum Gasteiger partial charge on any atom is 0.124 e. The van der Waals surface area contributed by atoms with Gasteiger partial charge in [0.1, 0.15) is 18.1 Å². The van der Waals surface area contributed by atoms with E-state index in [-0.39, 0.29) is 12.4 Å². The van der Waals surface area contributed by atoms with E-state index in [0.717, 1.165) is 31.0 Å². The van der Waals surface area contributed by atoms with Gasteiger partial charge < -0.3 is 14.8 Å². The molecule has 3 rings (SSSR count). The smallest absolute Gasteiger partial charge is 0.124 e. The lowest BCUT2D eigenvalue weighted by atomic mass is 10.1. The van der Waals surface area contributed by atoms with E-state index in [1.807, 2.05) is 42.5 Å². The zero-order valence-corrected chi connectivity index (χ0v) is 16.4. The van der Waals surface area contributed by atoms with Crippen LogP contribution in [0.4, 0.5) is 0 Å². The second-order valence-electron chi connectivity index (χ2n) is 6.16. The summed E-state index contributed by atoms with van der Waals surface area (Å²) in [6, 6.07) is 26.7. The van der Waals surface area contributed by atoms with Gasteiger partial charge in [-0.15, -0.1) is 12.4 Å². The molecule has 27 heavy (non-hydrogen) atoms. The van der Waals surface area contributed by atoms with Crippen molar-refractivity contribution in [3.8, 4) is 11.5 Å². The maximum absolute atomic E-state index is 6.01. The number of para-hydroxylation sites is 1. The largest absolute Gasteiger partial charge is 0.497 e. The summed E-state index contributed by atoms with van der Waals surface area (Å²) in [4.78, 5) is 0. The van der Waals surface area contributed by atoms with Gasteiger partial charge in [-0.3, -0.25) is 0 Å². The molecule has 0 radical (unpaired) electrons. The maximum atomic E-state index is 6.01. The summed E-state index contributed by atoms with van der Waals surface area (Å²) in [5, 5.41) is 3.51. The number of hydrogen-bond donors (Lipinski definition) is 1. The predicted molar refractivity (Wildman–Crippen MR) is 113 cm³/mol. The molecule has 142 valence electrons. The van der Waals surface area contributed by atoms with Crippen molar-refractivity contribution in [2.45, 2.75) is 19.6 Å². The molecule has 0 unspecified atom stereocenters. The average Bonchev–Trinajstić information content (AvgIpc) is 2.71. The van der Waals surface area contributed by atoms with Crippen molar-refractivity contribution >= 4 is 12.4 Å². The molecule has 0 aliphatic heterocycles. The monoisotopic (exact) mass is 383 g/mol. The van der Waals surface area contributed by atoms with Crippen LogP contribution in [0.25, 0.3) is 0 Å². The lowest BCUT2D eigenvalue weighted by molar-refractivity contribution is 0.302. The Bertz CT molecular complexity index is 791. The SMILES string of the molecule is COc1ccc(CCNCc2ccccc2OCc2ccccc2)cc1.Cl. The molecular formula is C23H26ClNO2. The van der Waals surface area contributed by atoms with Crippen molar-refractivity contribution < 1.29 is 9.47 Å². The van der Waals surface area contributed by atoms with Crippen LogP contribution in [0.5, 0.6) is 11.5 Å². The van der Waals surface area contributed by atoms with Gasteiger partial charge in [-0.25, -0.2) is 0 Å². The molecule has 0 heterocycles. The summed E-state index contributed by atoms with van der Waals surface area (Å²) in [7, 11) is 1.69. The lowest BCUT2D eigenvalue weighted by Crippen LogP contribution is -2.17. The fraction of sp³-hybridized carbons (Fsp3) is 0.217. The average molecular weight is 384 g/mol. The highest BCUT2D eigenvalue weighted by molar-refractivity contribution is 5.85. The molecule has 3 nitrogen and oxygen atoms in total. The van der Waals surface area contributed by atoms with E-state index in [2.05, 4.69) is 41.7 Å². The van der Waals surface area contributed by atoms with Gasteiger partial charge in [0.15, 0.2) is 0 Å². The number of methoxy groups -OCH3 is 1. The molecule has 0 atom stereocenters. The first-order valence-electron chi connectivity index (χ1n) is 8.93. The molecule has 1 N–H and O–H groups in total. The van der Waals surface area contributed by atoms with E-state index in [4.69, 9.17) is 9.47 Å². The van der Waals surface area contributed by atoms with E-state index in [9.17, 15) is 0 Å². The Labute approximate surface area is 167 Å². The van der Waals surface area contributed by atoms with E-state index >= 15 is 0 Å². The van der Waals surface area contributed by atoms with E-state index in [1.54, 1.807) is 7.11 Å². The Balaban J connectivity index is 0.00000261. The highest BCUT2D eigenvalue weighted by Gasteiger charge is 2.03. The standard InChI is InChI=1S/C23H25NO2.ClH/c1-25-22-13-11-19(12-14-22)15-16-24-17-21-9-5-6-10-23(21)26-18-20-7-3-2-4-8-20;/h2-14,24H,15-18H2,1H3;1H. The summed E-state index contributed by atoms with van der Waals surface area (Å²) in [5.74, 6) is 1.83. The molecule has 3 aromatic rings. The van der Waals surface area contributed by atoms with Gasteiger partial charge in [-0.2, -0.15) is 0 Å². The normalized spacial score (nSPS) is 10.1. The number of nitrogens with one attached hydrogen (secondary N) is 1. The van der Waals surface area contributed by atoms with Crippen LogP contribution in [-0.4, -0.2) is 13.7 Å².